The molecule has 4 rings (SSSR count). The number of hydrogen-bond donors (Lipinski definition) is 5. The fourth-order valence-electron chi connectivity index (χ4n) is 3.11. The minimum Gasteiger partial charge on any atom is -0.333 e. The molecule has 10 nitrogen and oxygen atoms in total. The maximum atomic E-state index is 12.4. The number of benzene rings is 2. The molecule has 2 aromatic carbocycles. The van der Waals surface area contributed by atoms with Crippen molar-refractivity contribution < 1.29 is 13.2 Å². The molecule has 12 heteroatoms. The Morgan fingerprint density at radius 1 is 1.06 bits per heavy atom. The number of fused-ring (bicyclic) bond motifs is 2. The second-order valence-corrected chi connectivity index (χ2v) is 9.88. The predicted octanol–water partition coefficient (Wildman–Crippen LogP) is 2.54. The van der Waals surface area contributed by atoms with Gasteiger partial charge in [0.25, 0.3) is 0 Å². The number of nitrogens with zero attached hydrogens (tertiary/aromatic N) is 1. The first kappa shape index (κ1) is 22.1. The van der Waals surface area contributed by atoms with Gasteiger partial charge in [-0.1, -0.05) is 25.1 Å². The Morgan fingerprint density at radius 2 is 1.88 bits per heavy atom. The van der Waals surface area contributed by atoms with Crippen LogP contribution in [0.4, 0.5) is 5.69 Å². The number of carbonyl (C=O) groups excluding carboxylic acids is 1. The van der Waals surface area contributed by atoms with Crippen LogP contribution >= 0.6 is 11.8 Å². The molecule has 2 aromatic heterocycles. The van der Waals surface area contributed by atoms with Gasteiger partial charge in [-0.25, -0.2) is 22.9 Å². The van der Waals surface area contributed by atoms with E-state index in [9.17, 15) is 18.0 Å². The molecule has 0 spiro atoms. The Kier molecular flexibility index (Phi) is 6.35. The second-order valence-electron chi connectivity index (χ2n) is 7.15. The lowest BCUT2D eigenvalue weighted by molar-refractivity contribution is -0.113. The van der Waals surface area contributed by atoms with Gasteiger partial charge in [0.05, 0.1) is 32.7 Å². The van der Waals surface area contributed by atoms with Crippen molar-refractivity contribution in [3.63, 3.8) is 0 Å². The Hall–Kier alpha value is -3.09. The van der Waals surface area contributed by atoms with Gasteiger partial charge in [-0.15, -0.1) is 0 Å². The summed E-state index contributed by atoms with van der Waals surface area (Å²) in [4.78, 5) is 36.6. The number of aromatic amines is 3. The van der Waals surface area contributed by atoms with Crippen LogP contribution in [-0.2, 0) is 14.8 Å². The molecule has 1 amide bonds. The van der Waals surface area contributed by atoms with Crippen molar-refractivity contribution in [2.75, 3.05) is 17.6 Å². The lowest BCUT2D eigenvalue weighted by atomic mass is 10.3. The lowest BCUT2D eigenvalue weighted by Gasteiger charge is -2.05. The van der Waals surface area contributed by atoms with Crippen LogP contribution in [0.2, 0.25) is 0 Å². The number of imidazole rings is 2. The molecule has 0 bridgehead atoms. The third-order valence-corrected chi connectivity index (χ3v) is 7.04. The van der Waals surface area contributed by atoms with E-state index in [1.165, 1.54) is 23.9 Å². The number of anilines is 1. The number of amides is 1. The van der Waals surface area contributed by atoms with E-state index in [0.29, 0.717) is 39.5 Å². The van der Waals surface area contributed by atoms with E-state index < -0.39 is 10.0 Å². The molecule has 0 aliphatic heterocycles. The SMILES string of the molecule is CCCCNS(=O)(=O)c1ccc2nc(SCC(=O)Nc3ccc4[nH]c(=O)[nH]c4c3)[nH]c2c1. The standard InChI is InChI=1S/C20H22N6O4S2/c1-2-3-8-21-32(29,30)13-5-7-15-17(10-13)26-20(25-15)31-11-18(27)22-12-4-6-14-16(9-12)24-19(28)23-14/h4-7,9-10,21H,2-3,8,11H2,1H3,(H,22,27)(H,25,26)(H2,23,24,28). The Bertz CT molecular complexity index is 1440. The molecule has 5 N–H and O–H groups in total. The molecule has 0 atom stereocenters. The largest absolute Gasteiger partial charge is 0.333 e. The smallest absolute Gasteiger partial charge is 0.323 e. The van der Waals surface area contributed by atoms with Crippen LogP contribution in [0.1, 0.15) is 19.8 Å². The molecule has 2 heterocycles. The summed E-state index contributed by atoms with van der Waals surface area (Å²) < 4.78 is 27.4. The average molecular weight is 475 g/mol. The van der Waals surface area contributed by atoms with E-state index in [0.717, 1.165) is 12.8 Å². The van der Waals surface area contributed by atoms with Gasteiger partial charge in [0.15, 0.2) is 5.16 Å². The van der Waals surface area contributed by atoms with Gasteiger partial charge in [0.2, 0.25) is 15.9 Å². The first-order chi connectivity index (χ1) is 15.3. The third-order valence-electron chi connectivity index (χ3n) is 4.70. The summed E-state index contributed by atoms with van der Waals surface area (Å²) in [5.41, 5.74) is 2.71. The number of sulfonamides is 1. The van der Waals surface area contributed by atoms with Crippen LogP contribution in [0.5, 0.6) is 0 Å². The average Bonchev–Trinajstić information content (AvgIpc) is 3.33. The molecular weight excluding hydrogens is 452 g/mol. The van der Waals surface area contributed by atoms with E-state index >= 15 is 0 Å². The maximum Gasteiger partial charge on any atom is 0.323 e. The summed E-state index contributed by atoms with van der Waals surface area (Å²) in [6, 6.07) is 9.77. The van der Waals surface area contributed by atoms with Crippen molar-refractivity contribution in [3.05, 3.63) is 46.9 Å². The van der Waals surface area contributed by atoms with Gasteiger partial charge < -0.3 is 20.3 Å². The van der Waals surface area contributed by atoms with E-state index in [4.69, 9.17) is 0 Å². The normalized spacial score (nSPS) is 11.9. The van der Waals surface area contributed by atoms with Crippen molar-refractivity contribution in [1.82, 2.24) is 24.7 Å². The molecule has 0 radical (unpaired) electrons. The highest BCUT2D eigenvalue weighted by molar-refractivity contribution is 7.99. The molecule has 4 aromatic rings. The number of aromatic nitrogens is 4. The predicted molar refractivity (Wildman–Crippen MR) is 124 cm³/mol. The molecule has 0 fully saturated rings. The molecule has 0 saturated carbocycles. The molecule has 0 aliphatic carbocycles. The maximum absolute atomic E-state index is 12.4. The summed E-state index contributed by atoms with van der Waals surface area (Å²) in [5.74, 6) is -0.137. The quantitative estimate of drug-likeness (QED) is 0.186. The van der Waals surface area contributed by atoms with Crippen LogP contribution in [0, 0.1) is 0 Å². The van der Waals surface area contributed by atoms with Crippen molar-refractivity contribution in [3.8, 4) is 0 Å². The van der Waals surface area contributed by atoms with E-state index in [1.807, 2.05) is 6.92 Å². The molecule has 32 heavy (non-hydrogen) atoms. The minimum absolute atomic E-state index is 0.102. The van der Waals surface area contributed by atoms with E-state index in [-0.39, 0.29) is 22.2 Å². The number of H-pyrrole nitrogens is 3. The van der Waals surface area contributed by atoms with Crippen LogP contribution in [0.3, 0.4) is 0 Å². The topological polar surface area (TPSA) is 153 Å². The summed E-state index contributed by atoms with van der Waals surface area (Å²) >= 11 is 1.20. The van der Waals surface area contributed by atoms with Crippen molar-refractivity contribution >= 4 is 55.4 Å². The van der Waals surface area contributed by atoms with Crippen LogP contribution in [0.25, 0.3) is 22.1 Å². The highest BCUT2D eigenvalue weighted by Gasteiger charge is 2.15. The molecule has 0 unspecified atom stereocenters. The number of unbranched alkanes of at least 4 members (excludes halogenated alkanes) is 1. The number of thioether (sulfide) groups is 1. The first-order valence-corrected chi connectivity index (χ1v) is 12.4. The van der Waals surface area contributed by atoms with Gasteiger partial charge in [-0.05, 0) is 42.8 Å². The summed E-state index contributed by atoms with van der Waals surface area (Å²) in [6.07, 6.45) is 1.67. The van der Waals surface area contributed by atoms with Crippen LogP contribution < -0.4 is 15.7 Å². The molecule has 168 valence electrons. The second kappa shape index (κ2) is 9.18. The highest BCUT2D eigenvalue weighted by Crippen LogP contribution is 2.23. The van der Waals surface area contributed by atoms with Crippen LogP contribution in [-0.4, -0.2) is 46.6 Å². The Balaban J connectivity index is 1.40. The summed E-state index contributed by atoms with van der Waals surface area (Å²) in [6.45, 7) is 2.39. The fraction of sp³-hybridized carbons (Fsp3) is 0.250. The Morgan fingerprint density at radius 3 is 2.69 bits per heavy atom. The number of hydrogen-bond acceptors (Lipinski definition) is 6. The zero-order chi connectivity index (χ0) is 22.7. The van der Waals surface area contributed by atoms with Gasteiger partial charge in [0.1, 0.15) is 0 Å². The van der Waals surface area contributed by atoms with E-state index in [2.05, 4.69) is 30.0 Å². The fourth-order valence-corrected chi connectivity index (χ4v) is 4.89. The monoisotopic (exact) mass is 474 g/mol. The van der Waals surface area contributed by atoms with Gasteiger partial charge in [-0.3, -0.25) is 4.79 Å². The molecular formula is C20H22N6O4S2. The summed E-state index contributed by atoms with van der Waals surface area (Å²) in [7, 11) is -3.58. The van der Waals surface area contributed by atoms with Gasteiger partial charge in [0, 0.05) is 12.2 Å². The zero-order valence-electron chi connectivity index (χ0n) is 17.2. The van der Waals surface area contributed by atoms with Gasteiger partial charge >= 0.3 is 5.69 Å². The minimum atomic E-state index is -3.58. The molecule has 0 aliphatic rings. The lowest BCUT2D eigenvalue weighted by Crippen LogP contribution is -2.24. The Labute approximate surface area is 187 Å². The number of rotatable bonds is 9. The van der Waals surface area contributed by atoms with Crippen molar-refractivity contribution in [2.45, 2.75) is 29.8 Å². The first-order valence-electron chi connectivity index (χ1n) is 9.98. The third kappa shape index (κ3) is 5.03. The van der Waals surface area contributed by atoms with Crippen molar-refractivity contribution in [1.29, 1.82) is 0 Å². The summed E-state index contributed by atoms with van der Waals surface area (Å²) in [5, 5.41) is 3.28. The van der Waals surface area contributed by atoms with E-state index in [1.54, 1.807) is 24.3 Å². The number of carbonyl (C=O) groups is 1. The zero-order valence-corrected chi connectivity index (χ0v) is 18.8. The number of nitrogens with one attached hydrogen (secondary N) is 5. The highest BCUT2D eigenvalue weighted by atomic mass is 32.2. The van der Waals surface area contributed by atoms with Crippen LogP contribution in [0.15, 0.2) is 51.2 Å². The van der Waals surface area contributed by atoms with Crippen molar-refractivity contribution in [2.24, 2.45) is 0 Å². The van der Waals surface area contributed by atoms with Gasteiger partial charge in [-0.2, -0.15) is 0 Å². The molecule has 0 saturated heterocycles.